The second kappa shape index (κ2) is 6.82. The summed E-state index contributed by atoms with van der Waals surface area (Å²) in [6.07, 6.45) is 5.75. The minimum Gasteiger partial charge on any atom is -0.389 e. The van der Waals surface area contributed by atoms with Crippen molar-refractivity contribution in [3.05, 3.63) is 23.9 Å². The summed E-state index contributed by atoms with van der Waals surface area (Å²) in [5.41, 5.74) is 6.36. The summed E-state index contributed by atoms with van der Waals surface area (Å²) in [5.74, 6) is 0.879. The monoisotopic (exact) mass is 278 g/mol. The lowest BCUT2D eigenvalue weighted by atomic mass is 10.1. The van der Waals surface area contributed by atoms with Crippen molar-refractivity contribution in [2.75, 3.05) is 25.0 Å². The number of hydrogen-bond donors (Lipinski definition) is 2. The number of nitrogens with two attached hydrogens (primary N) is 1. The molecule has 0 aromatic carbocycles. The number of aromatic nitrogens is 1. The maximum atomic E-state index is 5.55. The van der Waals surface area contributed by atoms with Gasteiger partial charge in [-0.2, -0.15) is 0 Å². The Hall–Kier alpha value is -1.20. The molecule has 1 fully saturated rings. The second-order valence-corrected chi connectivity index (χ2v) is 5.64. The number of likely N-dealkylation sites (tertiary alicyclic amines) is 1. The van der Waals surface area contributed by atoms with Crippen molar-refractivity contribution < 1.29 is 0 Å². The number of nitrogens with one attached hydrogen (secondary N) is 1. The van der Waals surface area contributed by atoms with E-state index in [-0.39, 0.29) is 0 Å². The molecule has 5 heteroatoms. The van der Waals surface area contributed by atoms with Crippen LogP contribution >= 0.6 is 12.2 Å². The Morgan fingerprint density at radius 3 is 2.74 bits per heavy atom. The van der Waals surface area contributed by atoms with Gasteiger partial charge in [0.05, 0.1) is 0 Å². The van der Waals surface area contributed by atoms with E-state index in [0.717, 1.165) is 17.9 Å². The van der Waals surface area contributed by atoms with Gasteiger partial charge in [-0.05, 0) is 45.0 Å². The molecule has 1 atom stereocenters. The van der Waals surface area contributed by atoms with Gasteiger partial charge in [-0.25, -0.2) is 4.98 Å². The Kier molecular flexibility index (Phi) is 5.10. The Balaban J connectivity index is 1.83. The molecule has 1 aliphatic rings. The Morgan fingerprint density at radius 1 is 1.42 bits per heavy atom. The highest BCUT2D eigenvalue weighted by Crippen LogP contribution is 2.11. The van der Waals surface area contributed by atoms with Gasteiger partial charge in [0.2, 0.25) is 0 Å². The van der Waals surface area contributed by atoms with Crippen molar-refractivity contribution in [3.63, 3.8) is 0 Å². The van der Waals surface area contributed by atoms with Gasteiger partial charge in [0.1, 0.15) is 10.8 Å². The lowest BCUT2D eigenvalue weighted by molar-refractivity contribution is 0.223. The fourth-order valence-electron chi connectivity index (χ4n) is 2.45. The highest BCUT2D eigenvalue weighted by Gasteiger charge is 2.13. The lowest BCUT2D eigenvalue weighted by Gasteiger charge is -2.29. The molecule has 0 aliphatic carbocycles. The van der Waals surface area contributed by atoms with Crippen LogP contribution in [0.3, 0.4) is 0 Å². The number of rotatable bonds is 5. The average Bonchev–Trinajstić information content (AvgIpc) is 2.40. The topological polar surface area (TPSA) is 54.2 Å². The van der Waals surface area contributed by atoms with Crippen molar-refractivity contribution in [1.29, 1.82) is 0 Å². The molecule has 1 aromatic rings. The van der Waals surface area contributed by atoms with E-state index in [1.54, 1.807) is 6.20 Å². The SMILES string of the molecule is CC(CN1CCCCC1)Nc1ccc(C(N)=S)cn1. The van der Waals surface area contributed by atoms with Crippen LogP contribution in [-0.2, 0) is 0 Å². The first-order valence-corrected chi connectivity index (χ1v) is 7.31. The quantitative estimate of drug-likeness (QED) is 0.807. The van der Waals surface area contributed by atoms with Crippen molar-refractivity contribution in [3.8, 4) is 0 Å². The standard InChI is InChI=1S/C14H22N4S/c1-11(10-18-7-3-2-4-8-18)17-13-6-5-12(9-16-13)14(15)19/h5-6,9,11H,2-4,7-8,10H2,1H3,(H2,15,19)(H,16,17). The zero-order valence-electron chi connectivity index (χ0n) is 11.4. The van der Waals surface area contributed by atoms with E-state index in [2.05, 4.69) is 22.1 Å². The van der Waals surface area contributed by atoms with E-state index < -0.39 is 0 Å². The smallest absolute Gasteiger partial charge is 0.126 e. The maximum Gasteiger partial charge on any atom is 0.126 e. The summed E-state index contributed by atoms with van der Waals surface area (Å²) >= 11 is 4.91. The van der Waals surface area contributed by atoms with E-state index in [1.165, 1.54) is 32.4 Å². The third kappa shape index (κ3) is 4.44. The first-order chi connectivity index (χ1) is 9.15. The van der Waals surface area contributed by atoms with Crippen LogP contribution in [0.1, 0.15) is 31.7 Å². The van der Waals surface area contributed by atoms with Crippen LogP contribution < -0.4 is 11.1 Å². The molecule has 0 amide bonds. The predicted molar refractivity (Wildman–Crippen MR) is 83.5 cm³/mol. The average molecular weight is 278 g/mol. The van der Waals surface area contributed by atoms with Gasteiger partial charge in [0.25, 0.3) is 0 Å². The number of nitrogens with zero attached hydrogens (tertiary/aromatic N) is 2. The molecular formula is C14H22N4S. The highest BCUT2D eigenvalue weighted by molar-refractivity contribution is 7.80. The Labute approximate surface area is 120 Å². The summed E-state index contributed by atoms with van der Waals surface area (Å²) in [7, 11) is 0. The van der Waals surface area contributed by atoms with Gasteiger partial charge in [0, 0.05) is 24.3 Å². The molecule has 1 aliphatic heterocycles. The fraction of sp³-hybridized carbons (Fsp3) is 0.571. The molecule has 0 bridgehead atoms. The van der Waals surface area contributed by atoms with Crippen molar-refractivity contribution in [2.24, 2.45) is 5.73 Å². The molecule has 0 saturated carbocycles. The molecule has 104 valence electrons. The first kappa shape index (κ1) is 14.2. The molecule has 2 rings (SSSR count). The lowest BCUT2D eigenvalue weighted by Crippen LogP contribution is -2.38. The van der Waals surface area contributed by atoms with Crippen molar-refractivity contribution in [2.45, 2.75) is 32.2 Å². The molecule has 1 unspecified atom stereocenters. The van der Waals surface area contributed by atoms with E-state index in [0.29, 0.717) is 11.0 Å². The zero-order chi connectivity index (χ0) is 13.7. The highest BCUT2D eigenvalue weighted by atomic mass is 32.1. The molecule has 0 spiro atoms. The van der Waals surface area contributed by atoms with Crippen LogP contribution in [-0.4, -0.2) is 40.5 Å². The summed E-state index contributed by atoms with van der Waals surface area (Å²) in [4.78, 5) is 7.24. The number of pyridine rings is 1. The van der Waals surface area contributed by atoms with Gasteiger partial charge in [-0.15, -0.1) is 0 Å². The third-order valence-electron chi connectivity index (χ3n) is 3.42. The molecule has 1 aromatic heterocycles. The fourth-order valence-corrected chi connectivity index (χ4v) is 2.57. The Bertz CT molecular complexity index is 412. The zero-order valence-corrected chi connectivity index (χ0v) is 12.2. The molecule has 2 heterocycles. The van der Waals surface area contributed by atoms with Gasteiger partial charge >= 0.3 is 0 Å². The van der Waals surface area contributed by atoms with Gasteiger partial charge in [0.15, 0.2) is 0 Å². The van der Waals surface area contributed by atoms with E-state index >= 15 is 0 Å². The summed E-state index contributed by atoms with van der Waals surface area (Å²) in [5, 5.41) is 3.42. The molecule has 4 nitrogen and oxygen atoms in total. The number of anilines is 1. The minimum absolute atomic E-state index is 0.389. The van der Waals surface area contributed by atoms with Gasteiger partial charge in [-0.1, -0.05) is 18.6 Å². The van der Waals surface area contributed by atoms with Gasteiger partial charge in [-0.3, -0.25) is 0 Å². The first-order valence-electron chi connectivity index (χ1n) is 6.90. The summed E-state index contributed by atoms with van der Waals surface area (Å²) in [6, 6.07) is 4.23. The summed E-state index contributed by atoms with van der Waals surface area (Å²) < 4.78 is 0. The van der Waals surface area contributed by atoms with E-state index in [9.17, 15) is 0 Å². The largest absolute Gasteiger partial charge is 0.389 e. The predicted octanol–water partition coefficient (Wildman–Crippen LogP) is 2.00. The van der Waals surface area contributed by atoms with Crippen molar-refractivity contribution in [1.82, 2.24) is 9.88 Å². The van der Waals surface area contributed by atoms with Crippen LogP contribution in [0.2, 0.25) is 0 Å². The summed E-state index contributed by atoms with van der Waals surface area (Å²) in [6.45, 7) is 5.70. The normalized spacial score (nSPS) is 17.9. The van der Waals surface area contributed by atoms with E-state index in [1.807, 2.05) is 12.1 Å². The molecule has 3 N–H and O–H groups in total. The van der Waals surface area contributed by atoms with Crippen LogP contribution in [0, 0.1) is 0 Å². The van der Waals surface area contributed by atoms with Crippen LogP contribution in [0.5, 0.6) is 0 Å². The molecule has 1 saturated heterocycles. The number of piperidine rings is 1. The van der Waals surface area contributed by atoms with E-state index in [4.69, 9.17) is 18.0 Å². The van der Waals surface area contributed by atoms with Crippen LogP contribution in [0.25, 0.3) is 0 Å². The minimum atomic E-state index is 0.389. The molecule has 0 radical (unpaired) electrons. The third-order valence-corrected chi connectivity index (χ3v) is 3.66. The second-order valence-electron chi connectivity index (χ2n) is 5.20. The number of hydrogen-bond acceptors (Lipinski definition) is 4. The Morgan fingerprint density at radius 2 is 2.16 bits per heavy atom. The van der Waals surface area contributed by atoms with Crippen LogP contribution in [0.4, 0.5) is 5.82 Å². The van der Waals surface area contributed by atoms with Gasteiger partial charge < -0.3 is 16.0 Å². The van der Waals surface area contributed by atoms with Crippen molar-refractivity contribution >= 4 is 23.0 Å². The number of thiocarbonyl (C=S) groups is 1. The molecular weight excluding hydrogens is 256 g/mol. The van der Waals surface area contributed by atoms with Crippen LogP contribution in [0.15, 0.2) is 18.3 Å². The molecule has 19 heavy (non-hydrogen) atoms. The maximum absolute atomic E-state index is 5.55.